The van der Waals surface area contributed by atoms with Crippen molar-refractivity contribution in [2.24, 2.45) is 0 Å². The number of nitrogens with one attached hydrogen (secondary N) is 1. The number of alkyl halides is 3. The van der Waals surface area contributed by atoms with E-state index in [1.165, 1.54) is 0 Å². The van der Waals surface area contributed by atoms with E-state index in [1.807, 2.05) is 6.07 Å². The molecule has 0 spiro atoms. The molecule has 2 N–H and O–H groups in total. The normalized spacial score (nSPS) is 12.5. The molecule has 0 saturated heterocycles. The van der Waals surface area contributed by atoms with Crippen LogP contribution in [0.5, 0.6) is 5.75 Å². The van der Waals surface area contributed by atoms with Gasteiger partial charge >= 0.3 is 6.18 Å². The standard InChI is InChI=1S/C17H16F3NO3/c18-17(19,20)13-6-8-14(9-7-13)24-11-16(23)21-15(10-22)12-4-2-1-3-5-12/h1-9,15,22H,10-11H2,(H,21,23). The molecule has 4 nitrogen and oxygen atoms in total. The minimum Gasteiger partial charge on any atom is -0.484 e. The van der Waals surface area contributed by atoms with Crippen LogP contribution in [0.3, 0.4) is 0 Å². The van der Waals surface area contributed by atoms with E-state index in [9.17, 15) is 23.1 Å². The molecule has 0 heterocycles. The molecule has 2 aromatic rings. The van der Waals surface area contributed by atoms with Crippen molar-refractivity contribution in [2.75, 3.05) is 13.2 Å². The number of halogens is 3. The lowest BCUT2D eigenvalue weighted by molar-refractivity contribution is -0.137. The number of amides is 1. The van der Waals surface area contributed by atoms with Crippen molar-refractivity contribution in [1.82, 2.24) is 5.32 Å². The average Bonchev–Trinajstić information content (AvgIpc) is 2.58. The number of carbonyl (C=O) groups is 1. The topological polar surface area (TPSA) is 58.6 Å². The zero-order chi connectivity index (χ0) is 17.6. The zero-order valence-corrected chi connectivity index (χ0v) is 12.6. The summed E-state index contributed by atoms with van der Waals surface area (Å²) in [5, 5.41) is 12.0. The highest BCUT2D eigenvalue weighted by molar-refractivity contribution is 5.78. The van der Waals surface area contributed by atoms with Gasteiger partial charge in [0.05, 0.1) is 18.2 Å². The lowest BCUT2D eigenvalue weighted by Gasteiger charge is -2.17. The van der Waals surface area contributed by atoms with Gasteiger partial charge in [-0.1, -0.05) is 30.3 Å². The maximum absolute atomic E-state index is 12.4. The zero-order valence-electron chi connectivity index (χ0n) is 12.6. The Hall–Kier alpha value is -2.54. The van der Waals surface area contributed by atoms with Crippen LogP contribution < -0.4 is 10.1 Å². The first-order valence-corrected chi connectivity index (χ1v) is 7.15. The Morgan fingerprint density at radius 2 is 1.71 bits per heavy atom. The third-order valence-electron chi connectivity index (χ3n) is 3.27. The first-order valence-electron chi connectivity index (χ1n) is 7.15. The minimum absolute atomic E-state index is 0.151. The molecular formula is C17H16F3NO3. The van der Waals surface area contributed by atoms with E-state index >= 15 is 0 Å². The predicted octanol–water partition coefficient (Wildman–Crippen LogP) is 2.93. The molecule has 1 atom stereocenters. The predicted molar refractivity (Wildman–Crippen MR) is 81.4 cm³/mol. The Kier molecular flexibility index (Phi) is 5.81. The number of ether oxygens (including phenoxy) is 1. The van der Waals surface area contributed by atoms with Crippen LogP contribution in [-0.2, 0) is 11.0 Å². The lowest BCUT2D eigenvalue weighted by atomic mass is 10.1. The van der Waals surface area contributed by atoms with Crippen molar-refractivity contribution < 1.29 is 27.8 Å². The van der Waals surface area contributed by atoms with Crippen molar-refractivity contribution in [3.8, 4) is 5.75 Å². The van der Waals surface area contributed by atoms with Crippen molar-refractivity contribution >= 4 is 5.91 Å². The van der Waals surface area contributed by atoms with E-state index in [0.717, 1.165) is 29.8 Å². The highest BCUT2D eigenvalue weighted by Gasteiger charge is 2.30. The van der Waals surface area contributed by atoms with Gasteiger partial charge in [-0.15, -0.1) is 0 Å². The molecule has 128 valence electrons. The number of aliphatic hydroxyl groups is 1. The van der Waals surface area contributed by atoms with Gasteiger partial charge in [0.2, 0.25) is 0 Å². The molecule has 2 rings (SSSR count). The largest absolute Gasteiger partial charge is 0.484 e. The van der Waals surface area contributed by atoms with Gasteiger partial charge in [0.15, 0.2) is 6.61 Å². The highest BCUT2D eigenvalue weighted by Crippen LogP contribution is 2.30. The van der Waals surface area contributed by atoms with Gasteiger partial charge in [-0.3, -0.25) is 4.79 Å². The first-order chi connectivity index (χ1) is 11.4. The van der Waals surface area contributed by atoms with Crippen molar-refractivity contribution in [3.05, 3.63) is 65.7 Å². The number of hydrogen-bond acceptors (Lipinski definition) is 3. The second kappa shape index (κ2) is 7.83. The summed E-state index contributed by atoms with van der Waals surface area (Å²) in [5.41, 5.74) is -0.0494. The molecule has 7 heteroatoms. The third kappa shape index (κ3) is 4.99. The number of carbonyl (C=O) groups excluding carboxylic acids is 1. The van der Waals surface area contributed by atoms with E-state index in [0.29, 0.717) is 0 Å². The summed E-state index contributed by atoms with van der Waals surface area (Å²) < 4.78 is 42.5. The van der Waals surface area contributed by atoms with Crippen molar-refractivity contribution in [3.63, 3.8) is 0 Å². The molecule has 1 unspecified atom stereocenters. The SMILES string of the molecule is O=C(COc1ccc(C(F)(F)F)cc1)NC(CO)c1ccccc1. The van der Waals surface area contributed by atoms with E-state index in [1.54, 1.807) is 24.3 Å². The number of aliphatic hydroxyl groups excluding tert-OH is 1. The molecule has 0 aliphatic heterocycles. The third-order valence-corrected chi connectivity index (χ3v) is 3.27. The van der Waals surface area contributed by atoms with Gasteiger partial charge in [-0.2, -0.15) is 13.2 Å². The molecule has 0 saturated carbocycles. The molecule has 1 amide bonds. The Labute approximate surface area is 136 Å². The number of rotatable bonds is 6. The van der Waals surface area contributed by atoms with Crippen molar-refractivity contribution in [2.45, 2.75) is 12.2 Å². The average molecular weight is 339 g/mol. The van der Waals surface area contributed by atoms with Gasteiger partial charge in [-0.05, 0) is 29.8 Å². The Morgan fingerprint density at radius 1 is 1.08 bits per heavy atom. The summed E-state index contributed by atoms with van der Waals surface area (Å²) in [5.74, 6) is -0.337. The Bertz CT molecular complexity index is 657. The Morgan fingerprint density at radius 3 is 2.25 bits per heavy atom. The van der Waals surface area contributed by atoms with Crippen LogP contribution in [0.4, 0.5) is 13.2 Å². The van der Waals surface area contributed by atoms with Crippen LogP contribution in [-0.4, -0.2) is 24.2 Å². The second-order valence-electron chi connectivity index (χ2n) is 5.02. The highest BCUT2D eigenvalue weighted by atomic mass is 19.4. The van der Waals surface area contributed by atoms with Gasteiger partial charge in [0, 0.05) is 0 Å². The summed E-state index contributed by atoms with van der Waals surface area (Å²) in [4.78, 5) is 11.9. The summed E-state index contributed by atoms with van der Waals surface area (Å²) in [6, 6.07) is 12.4. The van der Waals surface area contributed by atoms with Crippen LogP contribution in [0, 0.1) is 0 Å². The molecule has 0 aromatic heterocycles. The second-order valence-corrected chi connectivity index (χ2v) is 5.02. The molecule has 0 radical (unpaired) electrons. The van der Waals surface area contributed by atoms with Crippen LogP contribution in [0.25, 0.3) is 0 Å². The molecule has 0 aliphatic carbocycles. The van der Waals surface area contributed by atoms with Crippen LogP contribution in [0.1, 0.15) is 17.2 Å². The summed E-state index contributed by atoms with van der Waals surface area (Å²) in [6.07, 6.45) is -4.42. The lowest BCUT2D eigenvalue weighted by Crippen LogP contribution is -2.34. The fourth-order valence-corrected chi connectivity index (χ4v) is 2.04. The summed E-state index contributed by atoms with van der Waals surface area (Å²) >= 11 is 0. The molecule has 0 aliphatic rings. The molecule has 0 bridgehead atoms. The molecular weight excluding hydrogens is 323 g/mol. The molecule has 24 heavy (non-hydrogen) atoms. The van der Waals surface area contributed by atoms with E-state index in [2.05, 4.69) is 5.32 Å². The quantitative estimate of drug-likeness (QED) is 0.851. The maximum atomic E-state index is 12.4. The van der Waals surface area contributed by atoms with E-state index in [4.69, 9.17) is 4.74 Å². The maximum Gasteiger partial charge on any atom is 0.416 e. The Balaban J connectivity index is 1.88. The van der Waals surface area contributed by atoms with E-state index in [-0.39, 0.29) is 19.0 Å². The summed E-state index contributed by atoms with van der Waals surface area (Å²) in [6.45, 7) is -0.648. The van der Waals surface area contributed by atoms with Crippen molar-refractivity contribution in [1.29, 1.82) is 0 Å². The fraction of sp³-hybridized carbons (Fsp3) is 0.235. The first kappa shape index (κ1) is 17.8. The van der Waals surface area contributed by atoms with Crippen LogP contribution >= 0.6 is 0 Å². The monoisotopic (exact) mass is 339 g/mol. The smallest absolute Gasteiger partial charge is 0.416 e. The molecule has 0 fully saturated rings. The summed E-state index contributed by atoms with van der Waals surface area (Å²) in [7, 11) is 0. The van der Waals surface area contributed by atoms with Crippen LogP contribution in [0.2, 0.25) is 0 Å². The minimum atomic E-state index is -4.42. The van der Waals surface area contributed by atoms with Gasteiger partial charge in [-0.25, -0.2) is 0 Å². The molecule has 2 aromatic carbocycles. The fourth-order valence-electron chi connectivity index (χ4n) is 2.04. The number of benzene rings is 2. The van der Waals surface area contributed by atoms with Gasteiger partial charge in [0.25, 0.3) is 5.91 Å². The van der Waals surface area contributed by atoms with Crippen LogP contribution in [0.15, 0.2) is 54.6 Å². The van der Waals surface area contributed by atoms with Gasteiger partial charge < -0.3 is 15.2 Å². The van der Waals surface area contributed by atoms with E-state index < -0.39 is 23.7 Å². The number of hydrogen-bond donors (Lipinski definition) is 2. The van der Waals surface area contributed by atoms with Gasteiger partial charge in [0.1, 0.15) is 5.75 Å².